The number of pyridine rings is 1. The minimum Gasteiger partial charge on any atom is -0.368 e. The summed E-state index contributed by atoms with van der Waals surface area (Å²) in [6.45, 7) is 11.8. The molecular weight excluding hydrogens is 324 g/mol. The van der Waals surface area contributed by atoms with E-state index in [9.17, 15) is 4.79 Å². The minimum absolute atomic E-state index is 0.0645. The Labute approximate surface area is 155 Å². The second kappa shape index (κ2) is 8.04. The highest BCUT2D eigenvalue weighted by molar-refractivity contribution is 5.95. The van der Waals surface area contributed by atoms with Crippen molar-refractivity contribution >= 4 is 17.4 Å². The van der Waals surface area contributed by atoms with Gasteiger partial charge in [-0.25, -0.2) is 4.98 Å². The molecule has 26 heavy (non-hydrogen) atoms. The number of hydrogen-bond acceptors (Lipinski definition) is 4. The smallest absolute Gasteiger partial charge is 0.254 e. The van der Waals surface area contributed by atoms with Crippen LogP contribution in [0.4, 0.5) is 11.5 Å². The molecule has 2 heterocycles. The maximum atomic E-state index is 12.8. The van der Waals surface area contributed by atoms with Gasteiger partial charge in [0.15, 0.2) is 0 Å². The van der Waals surface area contributed by atoms with Crippen LogP contribution in [-0.2, 0) is 0 Å². The molecule has 3 rings (SSSR count). The number of rotatable bonds is 5. The number of benzene rings is 1. The van der Waals surface area contributed by atoms with Crippen LogP contribution in [0.3, 0.4) is 0 Å². The molecule has 136 valence electrons. The van der Waals surface area contributed by atoms with Crippen LogP contribution < -0.4 is 10.2 Å². The van der Waals surface area contributed by atoms with Gasteiger partial charge in [0, 0.05) is 50.2 Å². The van der Waals surface area contributed by atoms with Gasteiger partial charge in [-0.05, 0) is 43.2 Å². The first kappa shape index (κ1) is 18.0. The van der Waals surface area contributed by atoms with E-state index in [2.05, 4.69) is 53.8 Å². The van der Waals surface area contributed by atoms with Crippen molar-refractivity contribution in [3.05, 3.63) is 65.9 Å². The summed E-state index contributed by atoms with van der Waals surface area (Å²) in [5.41, 5.74) is 4.57. The van der Waals surface area contributed by atoms with Gasteiger partial charge < -0.3 is 15.1 Å². The van der Waals surface area contributed by atoms with Crippen molar-refractivity contribution in [3.63, 3.8) is 0 Å². The summed E-state index contributed by atoms with van der Waals surface area (Å²) < 4.78 is 0. The molecule has 0 unspecified atom stereocenters. The molecular formula is C21H26N4O. The van der Waals surface area contributed by atoms with Crippen molar-refractivity contribution in [1.82, 2.24) is 9.88 Å². The van der Waals surface area contributed by atoms with Gasteiger partial charge in [-0.1, -0.05) is 18.2 Å². The molecule has 1 aliphatic heterocycles. The van der Waals surface area contributed by atoms with Crippen molar-refractivity contribution in [3.8, 4) is 0 Å². The van der Waals surface area contributed by atoms with Crippen LogP contribution in [0.15, 0.2) is 49.2 Å². The SMILES string of the molecule is C=CCNc1cc(C(=O)N2CCN(c3cccc(C)c3C)CC2)ccn1. The average Bonchev–Trinajstić information content (AvgIpc) is 2.68. The van der Waals surface area contributed by atoms with Gasteiger partial charge in [0.2, 0.25) is 0 Å². The van der Waals surface area contributed by atoms with Crippen LogP contribution >= 0.6 is 0 Å². The lowest BCUT2D eigenvalue weighted by Gasteiger charge is -2.37. The normalized spacial score (nSPS) is 14.2. The minimum atomic E-state index is 0.0645. The van der Waals surface area contributed by atoms with Crippen LogP contribution in [0, 0.1) is 13.8 Å². The molecule has 1 aromatic heterocycles. The lowest BCUT2D eigenvalue weighted by atomic mass is 10.1. The molecule has 0 aliphatic carbocycles. The molecule has 1 aliphatic rings. The molecule has 0 spiro atoms. The van der Waals surface area contributed by atoms with Gasteiger partial charge in [0.1, 0.15) is 5.82 Å². The third-order valence-electron chi connectivity index (χ3n) is 4.92. The highest BCUT2D eigenvalue weighted by Crippen LogP contribution is 2.24. The highest BCUT2D eigenvalue weighted by atomic mass is 16.2. The number of hydrogen-bond donors (Lipinski definition) is 1. The topological polar surface area (TPSA) is 48.5 Å². The van der Waals surface area contributed by atoms with Crippen LogP contribution in [0.25, 0.3) is 0 Å². The van der Waals surface area contributed by atoms with E-state index in [0.717, 1.165) is 26.2 Å². The van der Waals surface area contributed by atoms with Crippen LogP contribution in [0.2, 0.25) is 0 Å². The maximum Gasteiger partial charge on any atom is 0.254 e. The van der Waals surface area contributed by atoms with E-state index in [4.69, 9.17) is 0 Å². The van der Waals surface area contributed by atoms with Crippen molar-refractivity contribution in [2.45, 2.75) is 13.8 Å². The zero-order chi connectivity index (χ0) is 18.5. The second-order valence-corrected chi connectivity index (χ2v) is 6.60. The first-order chi connectivity index (χ1) is 12.6. The van der Waals surface area contributed by atoms with Gasteiger partial charge >= 0.3 is 0 Å². The van der Waals surface area contributed by atoms with E-state index in [1.807, 2.05) is 11.0 Å². The number of carbonyl (C=O) groups excluding carboxylic acids is 1. The third kappa shape index (κ3) is 3.87. The number of aryl methyl sites for hydroxylation is 1. The fourth-order valence-corrected chi connectivity index (χ4v) is 3.25. The summed E-state index contributed by atoms with van der Waals surface area (Å²) >= 11 is 0. The zero-order valence-corrected chi connectivity index (χ0v) is 15.5. The van der Waals surface area contributed by atoms with Gasteiger partial charge in [-0.15, -0.1) is 6.58 Å². The van der Waals surface area contributed by atoms with Gasteiger partial charge in [0.25, 0.3) is 5.91 Å². The van der Waals surface area contributed by atoms with Crippen LogP contribution in [0.5, 0.6) is 0 Å². The summed E-state index contributed by atoms with van der Waals surface area (Å²) in [5.74, 6) is 0.763. The maximum absolute atomic E-state index is 12.8. The molecule has 0 saturated carbocycles. The lowest BCUT2D eigenvalue weighted by molar-refractivity contribution is 0.0746. The van der Waals surface area contributed by atoms with Gasteiger partial charge in [-0.2, -0.15) is 0 Å². The van der Waals surface area contributed by atoms with Crippen molar-refractivity contribution < 1.29 is 4.79 Å². The van der Waals surface area contributed by atoms with E-state index in [-0.39, 0.29) is 5.91 Å². The van der Waals surface area contributed by atoms with E-state index < -0.39 is 0 Å². The van der Waals surface area contributed by atoms with Crippen molar-refractivity contribution in [2.24, 2.45) is 0 Å². The second-order valence-electron chi connectivity index (χ2n) is 6.60. The lowest BCUT2D eigenvalue weighted by Crippen LogP contribution is -2.49. The molecule has 1 N–H and O–H groups in total. The van der Waals surface area contributed by atoms with E-state index in [0.29, 0.717) is 17.9 Å². The molecule has 0 bridgehead atoms. The summed E-state index contributed by atoms with van der Waals surface area (Å²) in [4.78, 5) is 21.4. The molecule has 0 radical (unpaired) electrons. The van der Waals surface area contributed by atoms with Crippen LogP contribution in [0.1, 0.15) is 21.5 Å². The molecule has 1 amide bonds. The number of carbonyl (C=O) groups is 1. The van der Waals surface area contributed by atoms with Gasteiger partial charge in [-0.3, -0.25) is 4.79 Å². The predicted octanol–water partition coefficient (Wildman–Crippen LogP) is 3.26. The monoisotopic (exact) mass is 350 g/mol. The number of nitrogens with one attached hydrogen (secondary N) is 1. The van der Waals surface area contributed by atoms with E-state index >= 15 is 0 Å². The molecule has 0 atom stereocenters. The van der Waals surface area contributed by atoms with E-state index in [1.54, 1.807) is 18.3 Å². The average molecular weight is 350 g/mol. The quantitative estimate of drug-likeness (QED) is 0.841. The number of piperazine rings is 1. The summed E-state index contributed by atoms with van der Waals surface area (Å²) in [5, 5.41) is 3.12. The Hall–Kier alpha value is -2.82. The van der Waals surface area contributed by atoms with Crippen molar-refractivity contribution in [2.75, 3.05) is 42.9 Å². The van der Waals surface area contributed by atoms with E-state index in [1.165, 1.54) is 16.8 Å². The first-order valence-electron chi connectivity index (χ1n) is 9.01. The number of aromatic nitrogens is 1. The molecule has 5 heteroatoms. The molecule has 2 aromatic rings. The van der Waals surface area contributed by atoms with Crippen LogP contribution in [-0.4, -0.2) is 48.5 Å². The Morgan fingerprint density at radius 1 is 1.23 bits per heavy atom. The fourth-order valence-electron chi connectivity index (χ4n) is 3.25. The summed E-state index contributed by atoms with van der Waals surface area (Å²) in [7, 11) is 0. The third-order valence-corrected chi connectivity index (χ3v) is 4.92. The Morgan fingerprint density at radius 2 is 2.00 bits per heavy atom. The first-order valence-corrected chi connectivity index (χ1v) is 9.01. The summed E-state index contributed by atoms with van der Waals surface area (Å²) in [6, 6.07) is 9.99. The Bertz CT molecular complexity index is 794. The fraction of sp³-hybridized carbons (Fsp3) is 0.333. The Balaban J connectivity index is 1.65. The zero-order valence-electron chi connectivity index (χ0n) is 15.5. The number of amides is 1. The molecule has 1 fully saturated rings. The highest BCUT2D eigenvalue weighted by Gasteiger charge is 2.23. The molecule has 5 nitrogen and oxygen atoms in total. The molecule has 1 aromatic carbocycles. The number of nitrogens with zero attached hydrogens (tertiary/aromatic N) is 3. The largest absolute Gasteiger partial charge is 0.368 e. The number of anilines is 2. The van der Waals surface area contributed by atoms with Crippen molar-refractivity contribution in [1.29, 1.82) is 0 Å². The Morgan fingerprint density at radius 3 is 2.73 bits per heavy atom. The standard InChI is InChI=1S/C21H26N4O/c1-4-9-22-20-15-18(8-10-23-20)21(26)25-13-11-24(12-14-25)19-7-5-6-16(2)17(19)3/h4-8,10,15H,1,9,11-14H2,2-3H3,(H,22,23). The molecule has 1 saturated heterocycles. The predicted molar refractivity (Wildman–Crippen MR) is 107 cm³/mol. The van der Waals surface area contributed by atoms with Gasteiger partial charge in [0.05, 0.1) is 0 Å². The summed E-state index contributed by atoms with van der Waals surface area (Å²) in [6.07, 6.45) is 3.44. The Kier molecular flexibility index (Phi) is 5.56.